The Bertz CT molecular complexity index is 415. The molecule has 0 heterocycles. The normalized spacial score (nSPS) is 18.5. The first-order valence-corrected chi connectivity index (χ1v) is 6.74. The van der Waals surface area contributed by atoms with E-state index in [1.165, 1.54) is 12.8 Å². The van der Waals surface area contributed by atoms with Crippen LogP contribution >= 0.6 is 0 Å². The van der Waals surface area contributed by atoms with Crippen LogP contribution in [0.1, 0.15) is 38.3 Å². The lowest BCUT2D eigenvalue weighted by atomic mass is 10.0. The summed E-state index contributed by atoms with van der Waals surface area (Å²) in [5, 5.41) is 3.19. The minimum absolute atomic E-state index is 0.157. The van der Waals surface area contributed by atoms with E-state index < -0.39 is 0 Å². The Morgan fingerprint density at radius 3 is 2.56 bits per heavy atom. The van der Waals surface area contributed by atoms with Crippen molar-refractivity contribution in [3.8, 4) is 0 Å². The van der Waals surface area contributed by atoms with Gasteiger partial charge in [-0.05, 0) is 63.4 Å². The highest BCUT2D eigenvalue weighted by Gasteiger charge is 2.31. The molecule has 100 valence electrons. The van der Waals surface area contributed by atoms with Crippen LogP contribution in [0.2, 0.25) is 0 Å². The van der Waals surface area contributed by atoms with Crippen molar-refractivity contribution in [1.29, 1.82) is 0 Å². The summed E-state index contributed by atoms with van der Waals surface area (Å²) in [5.41, 5.74) is 2.17. The molecule has 2 nitrogen and oxygen atoms in total. The van der Waals surface area contributed by atoms with Gasteiger partial charge in [0.1, 0.15) is 5.82 Å². The van der Waals surface area contributed by atoms with Crippen LogP contribution in [0.4, 0.5) is 10.1 Å². The van der Waals surface area contributed by atoms with Crippen molar-refractivity contribution in [2.75, 3.05) is 19.0 Å². The zero-order valence-electron chi connectivity index (χ0n) is 11.7. The summed E-state index contributed by atoms with van der Waals surface area (Å²) < 4.78 is 13.4. The summed E-state index contributed by atoms with van der Waals surface area (Å²) in [5.74, 6) is 0.640. The van der Waals surface area contributed by atoms with E-state index in [0.29, 0.717) is 6.04 Å². The molecular weight excluding hydrogens is 227 g/mol. The van der Waals surface area contributed by atoms with Crippen LogP contribution in [0.15, 0.2) is 18.2 Å². The van der Waals surface area contributed by atoms with Gasteiger partial charge in [-0.1, -0.05) is 0 Å². The molecule has 2 rings (SSSR count). The molecule has 1 aromatic rings. The average molecular weight is 250 g/mol. The Morgan fingerprint density at radius 1 is 1.33 bits per heavy atom. The van der Waals surface area contributed by atoms with Gasteiger partial charge in [0.2, 0.25) is 0 Å². The van der Waals surface area contributed by atoms with Crippen molar-refractivity contribution in [2.45, 2.75) is 38.8 Å². The first kappa shape index (κ1) is 13.3. The van der Waals surface area contributed by atoms with Crippen molar-refractivity contribution in [1.82, 2.24) is 5.32 Å². The number of rotatable bonds is 5. The highest BCUT2D eigenvalue weighted by molar-refractivity contribution is 5.55. The van der Waals surface area contributed by atoms with E-state index >= 15 is 0 Å². The van der Waals surface area contributed by atoms with Crippen LogP contribution < -0.4 is 10.2 Å². The summed E-state index contributed by atoms with van der Waals surface area (Å²) >= 11 is 0. The predicted molar refractivity (Wildman–Crippen MR) is 74.5 cm³/mol. The Labute approximate surface area is 109 Å². The fourth-order valence-corrected chi connectivity index (χ4v) is 2.46. The maximum absolute atomic E-state index is 13.4. The number of anilines is 1. The van der Waals surface area contributed by atoms with E-state index in [1.54, 1.807) is 12.1 Å². The molecule has 1 fully saturated rings. The second kappa shape index (κ2) is 5.27. The molecule has 1 aliphatic rings. The molecule has 0 aromatic heterocycles. The molecule has 1 saturated carbocycles. The van der Waals surface area contributed by atoms with Crippen LogP contribution in [0.5, 0.6) is 0 Å². The summed E-state index contributed by atoms with van der Waals surface area (Å²) in [6.07, 6.45) is 2.65. The molecule has 0 aliphatic heterocycles. The fourth-order valence-electron chi connectivity index (χ4n) is 2.46. The molecule has 2 atom stereocenters. The van der Waals surface area contributed by atoms with E-state index in [9.17, 15) is 4.39 Å². The molecule has 0 spiro atoms. The lowest BCUT2D eigenvalue weighted by Crippen LogP contribution is -2.32. The van der Waals surface area contributed by atoms with Gasteiger partial charge in [0, 0.05) is 24.8 Å². The second-order valence-corrected chi connectivity index (χ2v) is 5.40. The van der Waals surface area contributed by atoms with Crippen molar-refractivity contribution >= 4 is 5.69 Å². The van der Waals surface area contributed by atoms with Crippen molar-refractivity contribution in [2.24, 2.45) is 5.92 Å². The molecule has 0 radical (unpaired) electrons. The number of nitrogens with one attached hydrogen (secondary N) is 1. The fraction of sp³-hybridized carbons (Fsp3) is 0.600. The summed E-state index contributed by atoms with van der Waals surface area (Å²) in [6, 6.07) is 5.78. The standard InChI is InChI=1S/C15H23FN2/c1-10(17-3)14-9-13(16)7-8-15(14)18(4)11(2)12-5-6-12/h7-12,17H,5-6H2,1-4H3. The molecule has 1 aliphatic carbocycles. The van der Waals surface area contributed by atoms with E-state index in [2.05, 4.69) is 31.1 Å². The molecule has 1 aromatic carbocycles. The maximum Gasteiger partial charge on any atom is 0.123 e. The van der Waals surface area contributed by atoms with Gasteiger partial charge < -0.3 is 10.2 Å². The van der Waals surface area contributed by atoms with Crippen molar-refractivity contribution in [3.05, 3.63) is 29.6 Å². The second-order valence-electron chi connectivity index (χ2n) is 5.40. The SMILES string of the molecule is CNC(C)c1cc(F)ccc1N(C)C(C)C1CC1. The van der Waals surface area contributed by atoms with Crippen LogP contribution in [-0.4, -0.2) is 20.1 Å². The number of halogens is 1. The number of nitrogens with zero attached hydrogens (tertiary/aromatic N) is 1. The van der Waals surface area contributed by atoms with Crippen LogP contribution in [0.3, 0.4) is 0 Å². The molecule has 0 bridgehead atoms. The summed E-state index contributed by atoms with van der Waals surface area (Å²) in [6.45, 7) is 4.32. The third-order valence-electron chi connectivity index (χ3n) is 4.18. The van der Waals surface area contributed by atoms with Gasteiger partial charge in [-0.15, -0.1) is 0 Å². The molecular formula is C15H23FN2. The molecule has 1 N–H and O–H groups in total. The number of benzene rings is 1. The van der Waals surface area contributed by atoms with Gasteiger partial charge in [0.05, 0.1) is 0 Å². The first-order valence-electron chi connectivity index (χ1n) is 6.74. The summed E-state index contributed by atoms with van der Waals surface area (Å²) in [4.78, 5) is 2.29. The van der Waals surface area contributed by atoms with Gasteiger partial charge in [-0.25, -0.2) is 4.39 Å². The van der Waals surface area contributed by atoms with E-state index in [1.807, 2.05) is 13.1 Å². The van der Waals surface area contributed by atoms with Gasteiger partial charge in [-0.2, -0.15) is 0 Å². The van der Waals surface area contributed by atoms with Crippen molar-refractivity contribution < 1.29 is 4.39 Å². The molecule has 18 heavy (non-hydrogen) atoms. The first-order chi connectivity index (χ1) is 8.54. The topological polar surface area (TPSA) is 15.3 Å². The largest absolute Gasteiger partial charge is 0.371 e. The van der Waals surface area contributed by atoms with Crippen molar-refractivity contribution in [3.63, 3.8) is 0 Å². The molecule has 0 amide bonds. The quantitative estimate of drug-likeness (QED) is 0.862. The third-order valence-corrected chi connectivity index (χ3v) is 4.18. The van der Waals surface area contributed by atoms with Crippen LogP contribution in [0, 0.1) is 11.7 Å². The van der Waals surface area contributed by atoms with Gasteiger partial charge >= 0.3 is 0 Å². The van der Waals surface area contributed by atoms with Gasteiger partial charge in [0.25, 0.3) is 0 Å². The lowest BCUT2D eigenvalue weighted by Gasteiger charge is -2.30. The highest BCUT2D eigenvalue weighted by atomic mass is 19.1. The van der Waals surface area contributed by atoms with E-state index in [0.717, 1.165) is 17.2 Å². The Hall–Kier alpha value is -1.09. The maximum atomic E-state index is 13.4. The lowest BCUT2D eigenvalue weighted by molar-refractivity contribution is 0.586. The van der Waals surface area contributed by atoms with Gasteiger partial charge in [0.15, 0.2) is 0 Å². The van der Waals surface area contributed by atoms with Crippen LogP contribution in [0.25, 0.3) is 0 Å². The number of hydrogen-bond acceptors (Lipinski definition) is 2. The minimum Gasteiger partial charge on any atom is -0.371 e. The smallest absolute Gasteiger partial charge is 0.123 e. The molecule has 2 unspecified atom stereocenters. The molecule has 3 heteroatoms. The zero-order chi connectivity index (χ0) is 13.3. The summed E-state index contributed by atoms with van der Waals surface area (Å²) in [7, 11) is 4.02. The highest BCUT2D eigenvalue weighted by Crippen LogP contribution is 2.38. The monoisotopic (exact) mass is 250 g/mol. The Morgan fingerprint density at radius 2 is 2.00 bits per heavy atom. The van der Waals surface area contributed by atoms with E-state index in [-0.39, 0.29) is 11.9 Å². The Kier molecular flexibility index (Phi) is 3.91. The zero-order valence-corrected chi connectivity index (χ0v) is 11.7. The molecule has 0 saturated heterocycles. The van der Waals surface area contributed by atoms with E-state index in [4.69, 9.17) is 0 Å². The Balaban J connectivity index is 2.30. The average Bonchev–Trinajstić information content (AvgIpc) is 3.20. The number of hydrogen-bond donors (Lipinski definition) is 1. The minimum atomic E-state index is -0.164. The third kappa shape index (κ3) is 2.66. The van der Waals surface area contributed by atoms with Gasteiger partial charge in [-0.3, -0.25) is 0 Å². The van der Waals surface area contributed by atoms with Crippen LogP contribution in [-0.2, 0) is 0 Å². The predicted octanol–water partition coefficient (Wildman–Crippen LogP) is 3.34.